The van der Waals surface area contributed by atoms with Crippen molar-refractivity contribution in [3.8, 4) is 0 Å². The predicted octanol–water partition coefficient (Wildman–Crippen LogP) is 3.67. The van der Waals surface area contributed by atoms with E-state index in [1.807, 2.05) is 29.2 Å². The SMILES string of the molecule is CC1CCCCN1C(=O)COC(=O)c1c2c(nc3ccccc13)CCCC2. The molecule has 1 saturated heterocycles. The number of nitrogens with zero attached hydrogens (tertiary/aromatic N) is 2. The number of ether oxygens (including phenoxy) is 1. The Labute approximate surface area is 159 Å². The number of esters is 1. The quantitative estimate of drug-likeness (QED) is 0.778. The fourth-order valence-electron chi connectivity index (χ4n) is 4.36. The summed E-state index contributed by atoms with van der Waals surface area (Å²) >= 11 is 0. The van der Waals surface area contributed by atoms with Crippen molar-refractivity contribution in [3.05, 3.63) is 41.1 Å². The van der Waals surface area contributed by atoms with Crippen molar-refractivity contribution in [2.45, 2.75) is 57.9 Å². The molecule has 1 unspecified atom stereocenters. The molecule has 5 nitrogen and oxygen atoms in total. The maximum absolute atomic E-state index is 13.0. The molecule has 1 aliphatic carbocycles. The molecule has 1 atom stereocenters. The summed E-state index contributed by atoms with van der Waals surface area (Å²) in [6.45, 7) is 2.63. The largest absolute Gasteiger partial charge is 0.452 e. The molecular weight excluding hydrogens is 340 g/mol. The fraction of sp³-hybridized carbons (Fsp3) is 0.500. The van der Waals surface area contributed by atoms with Gasteiger partial charge >= 0.3 is 5.97 Å². The number of para-hydroxylation sites is 1. The van der Waals surface area contributed by atoms with Gasteiger partial charge in [-0.15, -0.1) is 0 Å². The summed E-state index contributed by atoms with van der Waals surface area (Å²) in [6.07, 6.45) is 7.07. The molecule has 0 saturated carbocycles. The molecule has 0 bridgehead atoms. The average molecular weight is 366 g/mol. The van der Waals surface area contributed by atoms with Gasteiger partial charge in [0.05, 0.1) is 11.1 Å². The highest BCUT2D eigenvalue weighted by atomic mass is 16.5. The van der Waals surface area contributed by atoms with Gasteiger partial charge in [0.15, 0.2) is 6.61 Å². The molecule has 2 aliphatic rings. The Hall–Kier alpha value is -2.43. The van der Waals surface area contributed by atoms with E-state index in [9.17, 15) is 9.59 Å². The first kappa shape index (κ1) is 18.0. The minimum Gasteiger partial charge on any atom is -0.452 e. The first-order valence-electron chi connectivity index (χ1n) is 10.0. The van der Waals surface area contributed by atoms with Crippen LogP contribution in [0.1, 0.15) is 60.6 Å². The minimum absolute atomic E-state index is 0.0946. The fourth-order valence-corrected chi connectivity index (χ4v) is 4.36. The van der Waals surface area contributed by atoms with E-state index in [-0.39, 0.29) is 18.6 Å². The molecule has 1 fully saturated rings. The molecular formula is C22H26N2O3. The maximum atomic E-state index is 13.0. The number of benzene rings is 1. The minimum atomic E-state index is -0.398. The van der Waals surface area contributed by atoms with E-state index in [2.05, 4.69) is 6.92 Å². The number of likely N-dealkylation sites (tertiary alicyclic amines) is 1. The molecule has 1 aromatic heterocycles. The van der Waals surface area contributed by atoms with E-state index in [1.165, 1.54) is 0 Å². The van der Waals surface area contributed by atoms with E-state index in [4.69, 9.17) is 9.72 Å². The third kappa shape index (κ3) is 3.55. The molecule has 142 valence electrons. The second kappa shape index (κ2) is 7.67. The van der Waals surface area contributed by atoms with Gasteiger partial charge in [-0.25, -0.2) is 4.79 Å². The summed E-state index contributed by atoms with van der Waals surface area (Å²) in [6, 6.07) is 7.92. The van der Waals surface area contributed by atoms with Crippen molar-refractivity contribution in [2.75, 3.05) is 13.2 Å². The predicted molar refractivity (Wildman–Crippen MR) is 104 cm³/mol. The second-order valence-electron chi connectivity index (χ2n) is 7.64. The number of carbonyl (C=O) groups is 2. The molecule has 4 rings (SSSR count). The molecule has 2 aromatic rings. The van der Waals surface area contributed by atoms with Crippen LogP contribution in [0.2, 0.25) is 0 Å². The van der Waals surface area contributed by atoms with Crippen LogP contribution >= 0.6 is 0 Å². The number of pyridine rings is 1. The number of aromatic nitrogens is 1. The third-order valence-corrected chi connectivity index (χ3v) is 5.82. The number of aryl methyl sites for hydroxylation is 1. The van der Waals surface area contributed by atoms with E-state index in [1.54, 1.807) is 0 Å². The van der Waals surface area contributed by atoms with Gasteiger partial charge in [-0.1, -0.05) is 18.2 Å². The molecule has 2 heterocycles. The topological polar surface area (TPSA) is 59.5 Å². The monoisotopic (exact) mass is 366 g/mol. The zero-order valence-electron chi connectivity index (χ0n) is 15.9. The summed E-state index contributed by atoms with van der Waals surface area (Å²) in [5.41, 5.74) is 3.43. The van der Waals surface area contributed by atoms with Gasteiger partial charge in [0.2, 0.25) is 0 Å². The van der Waals surface area contributed by atoms with Crippen molar-refractivity contribution < 1.29 is 14.3 Å². The average Bonchev–Trinajstić information content (AvgIpc) is 2.70. The van der Waals surface area contributed by atoms with Crippen LogP contribution in [0.25, 0.3) is 10.9 Å². The molecule has 1 amide bonds. The number of amides is 1. The van der Waals surface area contributed by atoms with E-state index in [0.717, 1.165) is 73.7 Å². The lowest BCUT2D eigenvalue weighted by atomic mass is 9.90. The van der Waals surface area contributed by atoms with Crippen molar-refractivity contribution in [3.63, 3.8) is 0 Å². The van der Waals surface area contributed by atoms with Gasteiger partial charge in [-0.3, -0.25) is 9.78 Å². The molecule has 0 N–H and O–H groups in total. The normalized spacial score (nSPS) is 19.6. The third-order valence-electron chi connectivity index (χ3n) is 5.82. The van der Waals surface area contributed by atoms with Gasteiger partial charge in [0, 0.05) is 23.7 Å². The zero-order valence-corrected chi connectivity index (χ0v) is 15.9. The summed E-state index contributed by atoms with van der Waals surface area (Å²) in [5.74, 6) is -0.493. The lowest BCUT2D eigenvalue weighted by Gasteiger charge is -2.33. The number of piperidine rings is 1. The van der Waals surface area contributed by atoms with Crippen LogP contribution in [0.15, 0.2) is 24.3 Å². The molecule has 27 heavy (non-hydrogen) atoms. The second-order valence-corrected chi connectivity index (χ2v) is 7.64. The summed E-state index contributed by atoms with van der Waals surface area (Å²) in [5, 5.41) is 0.821. The Kier molecular flexibility index (Phi) is 5.10. The Bertz CT molecular complexity index is 877. The van der Waals surface area contributed by atoms with Gasteiger partial charge in [-0.2, -0.15) is 0 Å². The van der Waals surface area contributed by atoms with Crippen molar-refractivity contribution in [1.82, 2.24) is 9.88 Å². The number of fused-ring (bicyclic) bond motifs is 2. The highest BCUT2D eigenvalue weighted by Gasteiger charge is 2.27. The van der Waals surface area contributed by atoms with Gasteiger partial charge in [0.25, 0.3) is 5.91 Å². The number of rotatable bonds is 3. The molecule has 5 heteroatoms. The molecule has 1 aromatic carbocycles. The number of hydrogen-bond donors (Lipinski definition) is 0. The van der Waals surface area contributed by atoms with Crippen LogP contribution in [0.4, 0.5) is 0 Å². The highest BCUT2D eigenvalue weighted by Crippen LogP contribution is 2.29. The Morgan fingerprint density at radius 2 is 1.96 bits per heavy atom. The number of hydrogen-bond acceptors (Lipinski definition) is 4. The van der Waals surface area contributed by atoms with Crippen molar-refractivity contribution >= 4 is 22.8 Å². The van der Waals surface area contributed by atoms with Crippen LogP contribution in [-0.4, -0.2) is 41.0 Å². The Morgan fingerprint density at radius 3 is 2.81 bits per heavy atom. The van der Waals surface area contributed by atoms with Crippen LogP contribution in [0.5, 0.6) is 0 Å². The smallest absolute Gasteiger partial charge is 0.339 e. The maximum Gasteiger partial charge on any atom is 0.339 e. The summed E-state index contributed by atoms with van der Waals surface area (Å²) in [4.78, 5) is 32.1. The summed E-state index contributed by atoms with van der Waals surface area (Å²) < 4.78 is 5.51. The van der Waals surface area contributed by atoms with E-state index >= 15 is 0 Å². The van der Waals surface area contributed by atoms with Gasteiger partial charge < -0.3 is 9.64 Å². The van der Waals surface area contributed by atoms with E-state index in [0.29, 0.717) is 5.56 Å². The van der Waals surface area contributed by atoms with Crippen molar-refractivity contribution in [1.29, 1.82) is 0 Å². The van der Waals surface area contributed by atoms with E-state index < -0.39 is 5.97 Å². The van der Waals surface area contributed by atoms with Crippen LogP contribution in [-0.2, 0) is 22.4 Å². The first-order chi connectivity index (χ1) is 13.1. The first-order valence-corrected chi connectivity index (χ1v) is 10.0. The summed E-state index contributed by atoms with van der Waals surface area (Å²) in [7, 11) is 0. The molecule has 0 spiro atoms. The molecule has 1 aliphatic heterocycles. The van der Waals surface area contributed by atoms with Crippen LogP contribution in [0, 0.1) is 0 Å². The lowest BCUT2D eigenvalue weighted by molar-refractivity contribution is -0.137. The van der Waals surface area contributed by atoms with Crippen molar-refractivity contribution in [2.24, 2.45) is 0 Å². The number of carbonyl (C=O) groups excluding carboxylic acids is 2. The standard InChI is InChI=1S/C22H26N2O3/c1-15-8-6-7-13-24(15)20(25)14-27-22(26)21-16-9-2-4-11-18(16)23-19-12-5-3-10-17(19)21/h2,4,9,11,15H,3,5-8,10,12-14H2,1H3. The zero-order chi connectivity index (χ0) is 18.8. The molecule has 0 radical (unpaired) electrons. The van der Waals surface area contributed by atoms with Crippen LogP contribution < -0.4 is 0 Å². The Balaban J connectivity index is 1.58. The van der Waals surface area contributed by atoms with Crippen LogP contribution in [0.3, 0.4) is 0 Å². The highest BCUT2D eigenvalue weighted by molar-refractivity contribution is 6.05. The van der Waals surface area contributed by atoms with Gasteiger partial charge in [0.1, 0.15) is 0 Å². The Morgan fingerprint density at radius 1 is 1.15 bits per heavy atom. The lowest BCUT2D eigenvalue weighted by Crippen LogP contribution is -2.44. The van der Waals surface area contributed by atoms with Gasteiger partial charge in [-0.05, 0) is 63.5 Å².